The van der Waals surface area contributed by atoms with E-state index in [9.17, 15) is 43.5 Å². The summed E-state index contributed by atoms with van der Waals surface area (Å²) < 4.78 is 16.9. The van der Waals surface area contributed by atoms with Gasteiger partial charge < -0.3 is 45.1 Å². The number of ether oxygens (including phenoxy) is 3. The molecule has 4 unspecified atom stereocenters. The lowest BCUT2D eigenvalue weighted by Crippen LogP contribution is -2.60. The number of methoxy groups -OCH3 is 3. The third-order valence-electron chi connectivity index (χ3n) is 12.9. The molecule has 0 spiro atoms. The summed E-state index contributed by atoms with van der Waals surface area (Å²) in [5.74, 6) is -4.44. The second-order valence-corrected chi connectivity index (χ2v) is 18.5. The summed E-state index contributed by atoms with van der Waals surface area (Å²) in [6, 6.07) is 3.53. The van der Waals surface area contributed by atoms with E-state index in [0.29, 0.717) is 62.8 Å². The number of likely N-dealkylation sites (N-methyl/N-ethyl adjacent to an activating group) is 2. The zero-order valence-electron chi connectivity index (χ0n) is 42.5. The molecule has 1 aromatic carbocycles. The van der Waals surface area contributed by atoms with Crippen molar-refractivity contribution >= 4 is 47.3 Å². The van der Waals surface area contributed by atoms with Crippen molar-refractivity contribution in [1.82, 2.24) is 30.7 Å². The average Bonchev–Trinajstić information content (AvgIpc) is 3.62. The Bertz CT molecular complexity index is 1850. The maximum absolute atomic E-state index is 14.4. The summed E-state index contributed by atoms with van der Waals surface area (Å²) >= 11 is 0. The van der Waals surface area contributed by atoms with Crippen LogP contribution < -0.4 is 20.7 Å². The van der Waals surface area contributed by atoms with Crippen LogP contribution in [0.1, 0.15) is 112 Å². The molecule has 18 heteroatoms. The first kappa shape index (κ1) is 58.8. The number of benzene rings is 1. The van der Waals surface area contributed by atoms with Gasteiger partial charge in [-0.3, -0.25) is 38.5 Å². The van der Waals surface area contributed by atoms with Crippen molar-refractivity contribution < 1.29 is 57.7 Å². The van der Waals surface area contributed by atoms with E-state index in [1.165, 1.54) is 43.3 Å². The van der Waals surface area contributed by atoms with Gasteiger partial charge in [-0.2, -0.15) is 0 Å². The number of nitrogens with zero attached hydrogens (tertiary/aromatic N) is 3. The molecule has 4 N–H and O–H groups in total. The number of nitrogens with one attached hydrogen (secondary N) is 3. The standard InChI is InChI=1S/C50H80N6O12/c1-13-33(6)46(55(9)49(63)44(31(2)3)53-48(62)45(32(4)5)54(8)41(58)24-15-14-20-28-56-42(59)25-26-43(56)60)39(68-12)30-40(57)51-27-19-18-22-37(66-10)34(7)47(61)52-36(50(64)65)29-35-21-16-17-23-38(35)67-11/h16-17,21,23,25-26,31-34,36-37,39,44-46H,13-15,18-20,22,24,27-30H2,1-12H3,(H,51,57)(H,52,61)(H,53,62)(H,64,65)/t33-,34+,36-,37?,39?,44-,45?,46?/m0/s1. The van der Waals surface area contributed by atoms with Crippen molar-refractivity contribution in [2.24, 2.45) is 23.7 Å². The zero-order chi connectivity index (χ0) is 51.2. The Morgan fingerprint density at radius 2 is 1.40 bits per heavy atom. The third kappa shape index (κ3) is 17.6. The number of carboxylic acid groups (broad SMARTS) is 1. The summed E-state index contributed by atoms with van der Waals surface area (Å²) in [6.07, 6.45) is 5.49. The highest BCUT2D eigenvalue weighted by Gasteiger charge is 2.39. The predicted molar refractivity (Wildman–Crippen MR) is 257 cm³/mol. The van der Waals surface area contributed by atoms with Crippen molar-refractivity contribution in [2.45, 2.75) is 149 Å². The fourth-order valence-corrected chi connectivity index (χ4v) is 8.62. The summed E-state index contributed by atoms with van der Waals surface area (Å²) in [4.78, 5) is 108. The molecule has 0 fully saturated rings. The van der Waals surface area contributed by atoms with Gasteiger partial charge in [-0.1, -0.05) is 79.5 Å². The molecule has 0 bridgehead atoms. The molecule has 0 aliphatic carbocycles. The van der Waals surface area contributed by atoms with Gasteiger partial charge in [0, 0.05) is 66.4 Å². The average molecular weight is 957 g/mol. The first-order valence-electron chi connectivity index (χ1n) is 24.0. The number of rotatable bonds is 32. The van der Waals surface area contributed by atoms with Gasteiger partial charge in [0.25, 0.3) is 11.8 Å². The van der Waals surface area contributed by atoms with Gasteiger partial charge in [0.15, 0.2) is 0 Å². The molecule has 1 aliphatic heterocycles. The number of imide groups is 1. The van der Waals surface area contributed by atoms with Gasteiger partial charge in [0.2, 0.25) is 29.5 Å². The normalized spacial score (nSPS) is 16.1. The Morgan fingerprint density at radius 1 is 0.765 bits per heavy atom. The van der Waals surface area contributed by atoms with Crippen molar-refractivity contribution in [1.29, 1.82) is 0 Å². The Kier molecular flexibility index (Phi) is 25.5. The summed E-state index contributed by atoms with van der Waals surface area (Å²) in [7, 11) is 7.73. The van der Waals surface area contributed by atoms with E-state index in [4.69, 9.17) is 14.2 Å². The number of amides is 7. The Balaban J connectivity index is 1.99. The molecule has 1 aliphatic rings. The first-order valence-corrected chi connectivity index (χ1v) is 24.0. The van der Waals surface area contributed by atoms with Gasteiger partial charge in [0.1, 0.15) is 23.9 Å². The monoisotopic (exact) mass is 957 g/mol. The highest BCUT2D eigenvalue weighted by Crippen LogP contribution is 2.25. The first-order chi connectivity index (χ1) is 32.1. The highest BCUT2D eigenvalue weighted by atomic mass is 16.5. The van der Waals surface area contributed by atoms with Crippen LogP contribution in [-0.4, -0.2) is 152 Å². The van der Waals surface area contributed by atoms with E-state index in [1.54, 1.807) is 50.2 Å². The van der Waals surface area contributed by atoms with E-state index < -0.39 is 60.1 Å². The molecule has 0 saturated carbocycles. The van der Waals surface area contributed by atoms with Crippen LogP contribution >= 0.6 is 0 Å². The van der Waals surface area contributed by atoms with Crippen LogP contribution in [0.25, 0.3) is 0 Å². The smallest absolute Gasteiger partial charge is 0.326 e. The highest BCUT2D eigenvalue weighted by molar-refractivity contribution is 6.12. The Hall–Kier alpha value is -5.36. The lowest BCUT2D eigenvalue weighted by atomic mass is 9.89. The molecule has 7 amide bonds. The third-order valence-corrected chi connectivity index (χ3v) is 12.9. The molecule has 1 heterocycles. The van der Waals surface area contributed by atoms with Gasteiger partial charge in [-0.25, -0.2) is 4.79 Å². The van der Waals surface area contributed by atoms with E-state index in [0.717, 1.165) is 0 Å². The van der Waals surface area contributed by atoms with Crippen molar-refractivity contribution in [3.8, 4) is 5.75 Å². The largest absolute Gasteiger partial charge is 0.496 e. The van der Waals surface area contributed by atoms with Crippen molar-refractivity contribution in [3.63, 3.8) is 0 Å². The maximum atomic E-state index is 14.4. The van der Waals surface area contributed by atoms with Crippen molar-refractivity contribution in [3.05, 3.63) is 42.0 Å². The van der Waals surface area contributed by atoms with Crippen LogP contribution in [0.2, 0.25) is 0 Å². The number of carbonyl (C=O) groups excluding carboxylic acids is 7. The lowest BCUT2D eigenvalue weighted by molar-refractivity contribution is -0.146. The van der Waals surface area contributed by atoms with E-state index >= 15 is 0 Å². The number of carbonyl (C=O) groups is 8. The van der Waals surface area contributed by atoms with Crippen LogP contribution in [0.5, 0.6) is 5.75 Å². The second kappa shape index (κ2) is 29.5. The molecule has 0 aromatic heterocycles. The van der Waals surface area contributed by atoms with Gasteiger partial charge >= 0.3 is 5.97 Å². The fraction of sp³-hybridized carbons (Fsp3) is 0.680. The minimum absolute atomic E-state index is 0.0344. The zero-order valence-corrected chi connectivity index (χ0v) is 42.5. The van der Waals surface area contributed by atoms with Crippen LogP contribution in [0.15, 0.2) is 36.4 Å². The number of hydrogen-bond donors (Lipinski definition) is 4. The number of hydrogen-bond acceptors (Lipinski definition) is 11. The van der Waals surface area contributed by atoms with Gasteiger partial charge in [-0.15, -0.1) is 0 Å². The summed E-state index contributed by atoms with van der Waals surface area (Å²) in [5, 5.41) is 18.4. The fourth-order valence-electron chi connectivity index (χ4n) is 8.62. The summed E-state index contributed by atoms with van der Waals surface area (Å²) in [6.45, 7) is 13.6. The molecule has 0 saturated heterocycles. The molecule has 18 nitrogen and oxygen atoms in total. The SMILES string of the molecule is CC[C@H](C)C(C(CC(=O)NCCCCC(OC)[C@@H](C)C(=O)N[C@@H](Cc1ccccc1OC)C(=O)O)OC)N(C)C(=O)[C@@H](NC(=O)C(C(C)C)N(C)C(=O)CCCCCN1C(=O)C=CC1=O)C(C)C. The summed E-state index contributed by atoms with van der Waals surface area (Å²) in [5.41, 5.74) is 0.652. The number of carboxylic acids is 1. The number of unbranched alkanes of at least 4 members (excludes halogenated alkanes) is 3. The minimum Gasteiger partial charge on any atom is -0.496 e. The van der Waals surface area contributed by atoms with E-state index in [2.05, 4.69) is 16.0 Å². The number of para-hydroxylation sites is 1. The quantitative estimate of drug-likeness (QED) is 0.0591. The van der Waals surface area contributed by atoms with Gasteiger partial charge in [0.05, 0.1) is 37.7 Å². The maximum Gasteiger partial charge on any atom is 0.326 e. The van der Waals surface area contributed by atoms with E-state index in [1.807, 2.05) is 41.5 Å². The predicted octanol–water partition coefficient (Wildman–Crippen LogP) is 4.13. The van der Waals surface area contributed by atoms with Crippen LogP contribution in [0.3, 0.4) is 0 Å². The molecule has 0 radical (unpaired) electrons. The molecular weight excluding hydrogens is 877 g/mol. The van der Waals surface area contributed by atoms with E-state index in [-0.39, 0.29) is 73.1 Å². The molecule has 382 valence electrons. The second-order valence-electron chi connectivity index (χ2n) is 18.5. The Labute approximate surface area is 403 Å². The van der Waals surface area contributed by atoms with Crippen molar-refractivity contribution in [2.75, 3.05) is 48.5 Å². The van der Waals surface area contributed by atoms with Crippen LogP contribution in [0.4, 0.5) is 0 Å². The van der Waals surface area contributed by atoms with Gasteiger partial charge in [-0.05, 0) is 61.5 Å². The molecule has 1 aromatic rings. The topological polar surface area (TPSA) is 230 Å². The number of aliphatic carboxylic acids is 1. The molecule has 8 atom stereocenters. The lowest BCUT2D eigenvalue weighted by Gasteiger charge is -2.40. The minimum atomic E-state index is -1.17. The molecule has 68 heavy (non-hydrogen) atoms. The van der Waals surface area contributed by atoms with Crippen LogP contribution in [-0.2, 0) is 54.3 Å². The van der Waals surface area contributed by atoms with Crippen LogP contribution in [0, 0.1) is 23.7 Å². The molecule has 2 rings (SSSR count). The molecular formula is C50H80N6O12. The Morgan fingerprint density at radius 3 is 1.96 bits per heavy atom.